The number of benzene rings is 1. The van der Waals surface area contributed by atoms with Crippen molar-refractivity contribution in [1.29, 1.82) is 0 Å². The van der Waals surface area contributed by atoms with Gasteiger partial charge in [0.05, 0.1) is 13.2 Å². The third-order valence-electron chi connectivity index (χ3n) is 2.75. The van der Waals surface area contributed by atoms with Crippen molar-refractivity contribution >= 4 is 0 Å². The number of rotatable bonds is 5. The zero-order valence-electron chi connectivity index (χ0n) is 10.5. The molecule has 0 aliphatic carbocycles. The maximum Gasteiger partial charge on any atom is 0.127 e. The molecule has 3 nitrogen and oxygen atoms in total. The first-order chi connectivity index (χ1) is 7.58. The van der Waals surface area contributed by atoms with Crippen LogP contribution >= 0.6 is 0 Å². The standard InChI is InChI=1S/C13H21NO2/c1-9(2)10(3)16-13-7-12(15-4)6-5-11(13)8-14/h5-7,9-10H,8,14H2,1-4H3. The predicted octanol–water partition coefficient (Wildman–Crippen LogP) is 2.58. The molecule has 0 fully saturated rings. The Balaban J connectivity index is 2.91. The first-order valence-corrected chi connectivity index (χ1v) is 5.62. The van der Waals surface area contributed by atoms with E-state index in [1.54, 1.807) is 7.11 Å². The number of ether oxygens (including phenoxy) is 2. The maximum absolute atomic E-state index is 5.88. The molecule has 0 radical (unpaired) electrons. The monoisotopic (exact) mass is 223 g/mol. The summed E-state index contributed by atoms with van der Waals surface area (Å²) in [6, 6.07) is 5.73. The van der Waals surface area contributed by atoms with Crippen molar-refractivity contribution in [2.45, 2.75) is 33.4 Å². The van der Waals surface area contributed by atoms with Gasteiger partial charge in [-0.1, -0.05) is 19.9 Å². The zero-order valence-corrected chi connectivity index (χ0v) is 10.5. The Morgan fingerprint density at radius 3 is 2.44 bits per heavy atom. The summed E-state index contributed by atoms with van der Waals surface area (Å²) in [7, 11) is 1.65. The molecule has 0 amide bonds. The fourth-order valence-electron chi connectivity index (χ4n) is 1.28. The average Bonchev–Trinajstić information content (AvgIpc) is 2.28. The minimum absolute atomic E-state index is 0.164. The molecule has 1 atom stereocenters. The highest BCUT2D eigenvalue weighted by Crippen LogP contribution is 2.26. The Bertz CT molecular complexity index is 337. The molecule has 1 aromatic carbocycles. The third kappa shape index (κ3) is 3.14. The Morgan fingerprint density at radius 1 is 1.25 bits per heavy atom. The van der Waals surface area contributed by atoms with Crippen LogP contribution < -0.4 is 15.2 Å². The lowest BCUT2D eigenvalue weighted by Crippen LogP contribution is -2.19. The Morgan fingerprint density at radius 2 is 1.94 bits per heavy atom. The predicted molar refractivity (Wildman–Crippen MR) is 65.8 cm³/mol. The molecule has 0 spiro atoms. The van der Waals surface area contributed by atoms with Crippen LogP contribution in [-0.2, 0) is 6.54 Å². The van der Waals surface area contributed by atoms with E-state index in [1.807, 2.05) is 18.2 Å². The largest absolute Gasteiger partial charge is 0.497 e. The quantitative estimate of drug-likeness (QED) is 0.834. The minimum atomic E-state index is 0.164. The van der Waals surface area contributed by atoms with Gasteiger partial charge in [-0.3, -0.25) is 0 Å². The summed E-state index contributed by atoms with van der Waals surface area (Å²) in [6.45, 7) is 6.80. The lowest BCUT2D eigenvalue weighted by atomic mass is 10.1. The summed E-state index contributed by atoms with van der Waals surface area (Å²) in [5.41, 5.74) is 6.68. The summed E-state index contributed by atoms with van der Waals surface area (Å²) < 4.78 is 11.1. The number of methoxy groups -OCH3 is 1. The van der Waals surface area contributed by atoms with Gasteiger partial charge in [-0.05, 0) is 18.9 Å². The van der Waals surface area contributed by atoms with Crippen molar-refractivity contribution in [3.8, 4) is 11.5 Å². The number of hydrogen-bond acceptors (Lipinski definition) is 3. The molecule has 0 aliphatic rings. The Kier molecular flexibility index (Phi) is 4.62. The molecule has 2 N–H and O–H groups in total. The summed E-state index contributed by atoms with van der Waals surface area (Å²) in [5.74, 6) is 2.09. The van der Waals surface area contributed by atoms with Crippen molar-refractivity contribution in [1.82, 2.24) is 0 Å². The molecular weight excluding hydrogens is 202 g/mol. The van der Waals surface area contributed by atoms with Crippen molar-refractivity contribution in [3.63, 3.8) is 0 Å². The van der Waals surface area contributed by atoms with Gasteiger partial charge in [-0.2, -0.15) is 0 Å². The highest BCUT2D eigenvalue weighted by Gasteiger charge is 2.12. The minimum Gasteiger partial charge on any atom is -0.497 e. The highest BCUT2D eigenvalue weighted by atomic mass is 16.5. The molecule has 0 saturated heterocycles. The second kappa shape index (κ2) is 5.75. The molecule has 16 heavy (non-hydrogen) atoms. The molecule has 1 aromatic rings. The molecule has 90 valence electrons. The highest BCUT2D eigenvalue weighted by molar-refractivity contribution is 5.40. The van der Waals surface area contributed by atoms with Gasteiger partial charge >= 0.3 is 0 Å². The van der Waals surface area contributed by atoms with Crippen LogP contribution in [0.4, 0.5) is 0 Å². The summed E-state index contributed by atoms with van der Waals surface area (Å²) in [6.07, 6.45) is 0.164. The molecule has 1 unspecified atom stereocenters. The van der Waals surface area contributed by atoms with Gasteiger partial charge < -0.3 is 15.2 Å². The molecule has 1 rings (SSSR count). The van der Waals surface area contributed by atoms with Crippen LogP contribution in [0, 0.1) is 5.92 Å². The van der Waals surface area contributed by atoms with Crippen LogP contribution in [0.25, 0.3) is 0 Å². The van der Waals surface area contributed by atoms with E-state index in [-0.39, 0.29) is 6.10 Å². The molecular formula is C13H21NO2. The topological polar surface area (TPSA) is 44.5 Å². The van der Waals surface area contributed by atoms with Gasteiger partial charge in [0.1, 0.15) is 11.5 Å². The maximum atomic E-state index is 5.88. The van der Waals surface area contributed by atoms with E-state index in [2.05, 4.69) is 20.8 Å². The van der Waals surface area contributed by atoms with E-state index < -0.39 is 0 Å². The van der Waals surface area contributed by atoms with Crippen molar-refractivity contribution in [2.24, 2.45) is 11.7 Å². The van der Waals surface area contributed by atoms with Crippen LogP contribution in [-0.4, -0.2) is 13.2 Å². The fraction of sp³-hybridized carbons (Fsp3) is 0.538. The molecule has 0 heterocycles. The second-order valence-corrected chi connectivity index (χ2v) is 4.24. The molecule has 0 aromatic heterocycles. The summed E-state index contributed by atoms with van der Waals surface area (Å²) in [5, 5.41) is 0. The fourth-order valence-corrected chi connectivity index (χ4v) is 1.28. The first-order valence-electron chi connectivity index (χ1n) is 5.62. The zero-order chi connectivity index (χ0) is 12.1. The second-order valence-electron chi connectivity index (χ2n) is 4.24. The lowest BCUT2D eigenvalue weighted by molar-refractivity contribution is 0.168. The van der Waals surface area contributed by atoms with E-state index in [0.29, 0.717) is 12.5 Å². The molecule has 3 heteroatoms. The van der Waals surface area contributed by atoms with Crippen LogP contribution in [0.2, 0.25) is 0 Å². The van der Waals surface area contributed by atoms with Gasteiger partial charge in [0.15, 0.2) is 0 Å². The van der Waals surface area contributed by atoms with E-state index in [1.165, 1.54) is 0 Å². The Hall–Kier alpha value is -1.22. The van der Waals surface area contributed by atoms with E-state index in [9.17, 15) is 0 Å². The normalized spacial score (nSPS) is 12.6. The van der Waals surface area contributed by atoms with Crippen molar-refractivity contribution < 1.29 is 9.47 Å². The average molecular weight is 223 g/mol. The van der Waals surface area contributed by atoms with Crippen LogP contribution in [0.3, 0.4) is 0 Å². The smallest absolute Gasteiger partial charge is 0.127 e. The van der Waals surface area contributed by atoms with Gasteiger partial charge in [0, 0.05) is 18.2 Å². The number of hydrogen-bond donors (Lipinski definition) is 1. The van der Waals surface area contributed by atoms with Crippen molar-refractivity contribution in [3.05, 3.63) is 23.8 Å². The lowest BCUT2D eigenvalue weighted by Gasteiger charge is -2.20. The van der Waals surface area contributed by atoms with Crippen LogP contribution in [0.15, 0.2) is 18.2 Å². The molecule has 0 aliphatic heterocycles. The van der Waals surface area contributed by atoms with Gasteiger partial charge in [-0.25, -0.2) is 0 Å². The van der Waals surface area contributed by atoms with E-state index >= 15 is 0 Å². The Labute approximate surface area is 97.6 Å². The van der Waals surface area contributed by atoms with Gasteiger partial charge in [0.25, 0.3) is 0 Å². The summed E-state index contributed by atoms with van der Waals surface area (Å²) in [4.78, 5) is 0. The third-order valence-corrected chi connectivity index (χ3v) is 2.75. The van der Waals surface area contributed by atoms with Gasteiger partial charge in [-0.15, -0.1) is 0 Å². The van der Waals surface area contributed by atoms with Crippen molar-refractivity contribution in [2.75, 3.05) is 7.11 Å². The molecule has 0 bridgehead atoms. The first kappa shape index (κ1) is 12.8. The SMILES string of the molecule is COc1ccc(CN)c(OC(C)C(C)C)c1. The number of nitrogens with two attached hydrogens (primary N) is 1. The van der Waals surface area contributed by atoms with E-state index in [0.717, 1.165) is 17.1 Å². The molecule has 0 saturated carbocycles. The summed E-state index contributed by atoms with van der Waals surface area (Å²) >= 11 is 0. The van der Waals surface area contributed by atoms with Gasteiger partial charge in [0.2, 0.25) is 0 Å². The van der Waals surface area contributed by atoms with E-state index in [4.69, 9.17) is 15.2 Å². The van der Waals surface area contributed by atoms with Crippen LogP contribution in [0.5, 0.6) is 11.5 Å². The van der Waals surface area contributed by atoms with Crippen LogP contribution in [0.1, 0.15) is 26.3 Å².